The predicted molar refractivity (Wildman–Crippen MR) is 142 cm³/mol. The minimum Gasteiger partial charge on any atom is -0.453 e. The molecule has 4 rings (SSSR count). The molecule has 0 aliphatic carbocycles. The normalized spacial score (nSPS) is 21.8. The molecule has 1 fully saturated rings. The Balaban J connectivity index is 1.47. The van der Waals surface area contributed by atoms with E-state index >= 15 is 0 Å². The summed E-state index contributed by atoms with van der Waals surface area (Å²) in [7, 11) is 1.80. The van der Waals surface area contributed by atoms with Crippen LogP contribution >= 0.6 is 11.8 Å². The van der Waals surface area contributed by atoms with E-state index < -0.39 is 18.4 Å². The van der Waals surface area contributed by atoms with Gasteiger partial charge < -0.3 is 24.6 Å². The Hall–Kier alpha value is -3.32. The Morgan fingerprint density at radius 3 is 2.38 bits per heavy atom. The van der Waals surface area contributed by atoms with Crippen molar-refractivity contribution in [3.05, 3.63) is 70.8 Å². The highest BCUT2D eigenvalue weighted by atomic mass is 32.2. The van der Waals surface area contributed by atoms with Crippen molar-refractivity contribution in [3.8, 4) is 0 Å². The van der Waals surface area contributed by atoms with Crippen molar-refractivity contribution >= 4 is 23.6 Å². The van der Waals surface area contributed by atoms with Crippen LogP contribution in [0.5, 0.6) is 0 Å². The number of carbonyl (C=O) groups is 2. The van der Waals surface area contributed by atoms with Gasteiger partial charge in [-0.1, -0.05) is 67.2 Å². The number of aliphatic hydroxyl groups excluding tert-OH is 1. The molecule has 1 aromatic heterocycles. The second kappa shape index (κ2) is 13.2. The molecule has 1 aliphatic heterocycles. The fourth-order valence-corrected chi connectivity index (χ4v) is 5.25. The van der Waals surface area contributed by atoms with Crippen LogP contribution in [0.3, 0.4) is 0 Å². The molecule has 0 spiro atoms. The van der Waals surface area contributed by atoms with Crippen LogP contribution in [0.25, 0.3) is 0 Å². The van der Waals surface area contributed by atoms with Crippen LogP contribution < -0.4 is 5.32 Å². The third-order valence-corrected chi connectivity index (χ3v) is 7.61. The number of hydrogen-bond donors (Lipinski definition) is 2. The summed E-state index contributed by atoms with van der Waals surface area (Å²) in [6.07, 6.45) is -1.86. The van der Waals surface area contributed by atoms with Gasteiger partial charge in [0.2, 0.25) is 5.16 Å². The first kappa shape index (κ1) is 28.7. The van der Waals surface area contributed by atoms with Gasteiger partial charge in [-0.25, -0.2) is 4.68 Å². The number of thioether (sulfide) groups is 1. The second-order valence-electron chi connectivity index (χ2n) is 9.43. The highest BCUT2D eigenvalue weighted by molar-refractivity contribution is 7.99. The van der Waals surface area contributed by atoms with E-state index in [4.69, 9.17) is 14.2 Å². The molecule has 1 amide bonds. The highest BCUT2D eigenvalue weighted by Crippen LogP contribution is 2.42. The van der Waals surface area contributed by atoms with Gasteiger partial charge in [-0.15, -0.1) is 5.10 Å². The van der Waals surface area contributed by atoms with Crippen molar-refractivity contribution in [3.63, 3.8) is 0 Å². The molecule has 1 aliphatic rings. The van der Waals surface area contributed by atoms with Crippen molar-refractivity contribution in [1.82, 2.24) is 25.5 Å². The Morgan fingerprint density at radius 2 is 1.77 bits per heavy atom. The van der Waals surface area contributed by atoms with Crippen molar-refractivity contribution in [2.24, 2.45) is 13.0 Å². The average molecular weight is 556 g/mol. The van der Waals surface area contributed by atoms with Gasteiger partial charge in [0.1, 0.15) is 0 Å². The molecule has 0 saturated carbocycles. The number of esters is 1. The summed E-state index contributed by atoms with van der Waals surface area (Å²) in [6, 6.07) is 15.4. The van der Waals surface area contributed by atoms with Crippen LogP contribution in [-0.4, -0.2) is 55.2 Å². The Kier molecular flexibility index (Phi) is 9.68. The summed E-state index contributed by atoms with van der Waals surface area (Å²) in [4.78, 5) is 23.2. The smallest absolute Gasteiger partial charge is 0.303 e. The molecule has 3 aromatic rings. The average Bonchev–Trinajstić information content (AvgIpc) is 3.35. The molecular weight excluding hydrogens is 522 g/mol. The van der Waals surface area contributed by atoms with Gasteiger partial charge in [0.05, 0.1) is 18.8 Å². The zero-order chi connectivity index (χ0) is 27.9. The zero-order valence-electron chi connectivity index (χ0n) is 22.3. The highest BCUT2D eigenvalue weighted by Gasteiger charge is 2.38. The molecule has 5 atom stereocenters. The molecule has 5 unspecified atom stereocenters. The van der Waals surface area contributed by atoms with Crippen LogP contribution in [0.2, 0.25) is 0 Å². The van der Waals surface area contributed by atoms with Crippen molar-refractivity contribution in [2.45, 2.75) is 63.7 Å². The van der Waals surface area contributed by atoms with Crippen LogP contribution in [0, 0.1) is 5.92 Å². The van der Waals surface area contributed by atoms with Crippen LogP contribution in [0.15, 0.2) is 53.7 Å². The Morgan fingerprint density at radius 1 is 1.10 bits per heavy atom. The van der Waals surface area contributed by atoms with Crippen LogP contribution in [0.1, 0.15) is 55.4 Å². The quantitative estimate of drug-likeness (QED) is 0.284. The topological polar surface area (TPSA) is 138 Å². The number of hydrogen-bond acceptors (Lipinski definition) is 10. The van der Waals surface area contributed by atoms with E-state index in [-0.39, 0.29) is 30.6 Å². The SMILES string of the molecule is CC(=O)OC(C)C(=O)NCc1ccc(C2OC(CSc3nnnn3C)C(C)C(c3ccc(CO)cc3)O2)cc1. The van der Waals surface area contributed by atoms with Gasteiger partial charge in [-0.05, 0) is 34.0 Å². The number of aryl methyl sites for hydroxylation is 1. The molecule has 0 radical (unpaired) electrons. The molecule has 2 aromatic carbocycles. The van der Waals surface area contributed by atoms with Crippen molar-refractivity contribution in [2.75, 3.05) is 5.75 Å². The first-order valence-corrected chi connectivity index (χ1v) is 13.6. The second-order valence-corrected chi connectivity index (χ2v) is 10.4. The molecular formula is C27H33N5O6S. The van der Waals surface area contributed by atoms with E-state index in [1.807, 2.05) is 48.5 Å². The van der Waals surface area contributed by atoms with Gasteiger partial charge in [-0.2, -0.15) is 0 Å². The number of rotatable bonds is 10. The Labute approximate surface area is 231 Å². The van der Waals surface area contributed by atoms with Gasteiger partial charge in [0, 0.05) is 37.8 Å². The summed E-state index contributed by atoms with van der Waals surface area (Å²) < 4.78 is 19.5. The maximum atomic E-state index is 12.2. The van der Waals surface area contributed by atoms with Gasteiger partial charge in [0.25, 0.3) is 5.91 Å². The number of nitrogens with one attached hydrogen (secondary N) is 1. The molecule has 2 N–H and O–H groups in total. The van der Waals surface area contributed by atoms with Crippen molar-refractivity contribution < 1.29 is 28.9 Å². The zero-order valence-corrected chi connectivity index (χ0v) is 23.1. The minimum absolute atomic E-state index is 0.0203. The van der Waals surface area contributed by atoms with E-state index in [0.29, 0.717) is 17.5 Å². The summed E-state index contributed by atoms with van der Waals surface area (Å²) in [5.74, 6) is -0.207. The minimum atomic E-state index is -0.858. The number of aliphatic hydroxyl groups is 1. The maximum Gasteiger partial charge on any atom is 0.303 e. The third-order valence-electron chi connectivity index (χ3n) is 6.51. The molecule has 1 saturated heterocycles. The fraction of sp³-hybridized carbons (Fsp3) is 0.444. The lowest BCUT2D eigenvalue weighted by atomic mass is 9.91. The standard InChI is InChI=1S/C27H33N5O6S/c1-16-23(15-39-27-29-30-31-32(27)4)37-26(38-24(16)21-9-7-20(14-33)8-10-21)22-11-5-19(6-12-22)13-28-25(35)17(2)36-18(3)34/h5-12,16-17,23-24,26,33H,13-15H2,1-4H3,(H,28,35). The van der Waals surface area contributed by atoms with Crippen molar-refractivity contribution in [1.29, 1.82) is 0 Å². The van der Waals surface area contributed by atoms with Gasteiger partial charge in [-0.3, -0.25) is 9.59 Å². The third kappa shape index (κ3) is 7.41. The van der Waals surface area contributed by atoms with Crippen LogP contribution in [0.4, 0.5) is 0 Å². The molecule has 11 nitrogen and oxygen atoms in total. The molecule has 2 heterocycles. The summed E-state index contributed by atoms with van der Waals surface area (Å²) >= 11 is 1.52. The Bertz CT molecular complexity index is 1250. The fourth-order valence-electron chi connectivity index (χ4n) is 4.24. The van der Waals surface area contributed by atoms with Gasteiger partial charge in [0.15, 0.2) is 12.4 Å². The summed E-state index contributed by atoms with van der Waals surface area (Å²) in [6.45, 7) is 5.17. The first-order chi connectivity index (χ1) is 18.7. The van der Waals surface area contributed by atoms with E-state index in [0.717, 1.165) is 22.3 Å². The lowest BCUT2D eigenvalue weighted by Crippen LogP contribution is -2.38. The summed E-state index contributed by atoms with van der Waals surface area (Å²) in [5, 5.41) is 24.6. The largest absolute Gasteiger partial charge is 0.453 e. The number of ether oxygens (including phenoxy) is 3. The molecule has 12 heteroatoms. The van der Waals surface area contributed by atoms with E-state index in [1.54, 1.807) is 11.7 Å². The number of tetrazole rings is 1. The van der Waals surface area contributed by atoms with E-state index in [9.17, 15) is 14.7 Å². The van der Waals surface area contributed by atoms with Gasteiger partial charge >= 0.3 is 5.97 Å². The number of benzene rings is 2. The number of aromatic nitrogens is 4. The molecule has 39 heavy (non-hydrogen) atoms. The lowest BCUT2D eigenvalue weighted by molar-refractivity contribution is -0.268. The maximum absolute atomic E-state index is 12.2. The molecule has 0 bridgehead atoms. The first-order valence-electron chi connectivity index (χ1n) is 12.6. The monoisotopic (exact) mass is 555 g/mol. The summed E-state index contributed by atoms with van der Waals surface area (Å²) in [5.41, 5.74) is 3.56. The predicted octanol–water partition coefficient (Wildman–Crippen LogP) is 2.85. The lowest BCUT2D eigenvalue weighted by Gasteiger charge is -2.41. The van der Waals surface area contributed by atoms with E-state index in [2.05, 4.69) is 27.8 Å². The number of amides is 1. The van der Waals surface area contributed by atoms with Crippen LogP contribution in [-0.2, 0) is 44.0 Å². The number of carbonyl (C=O) groups excluding carboxylic acids is 2. The number of nitrogens with zero attached hydrogens (tertiary/aromatic N) is 4. The molecule has 208 valence electrons. The van der Waals surface area contributed by atoms with E-state index in [1.165, 1.54) is 25.6 Å².